The molecule has 0 saturated carbocycles. The number of aromatic carboxylic acids is 1. The van der Waals surface area contributed by atoms with Crippen LogP contribution in [0.4, 0.5) is 0 Å². The summed E-state index contributed by atoms with van der Waals surface area (Å²) < 4.78 is 6.31. The SMILES string of the molecule is CCOC(=O)c1n[nH]nc1Sc1nc(-c2ccc(Cl)c(Cl)c2)cs1.O=C(O)c1n[nH]nc1Sc1nc(-c2ccc(Cl)c(Cl)c2)cs1. The summed E-state index contributed by atoms with van der Waals surface area (Å²) in [6.07, 6.45) is 0. The molecule has 0 fully saturated rings. The van der Waals surface area contributed by atoms with Crippen LogP contribution in [0.2, 0.25) is 20.1 Å². The average Bonchev–Trinajstić information content (AvgIpc) is 3.85. The zero-order valence-corrected chi connectivity index (χ0v) is 29.1. The summed E-state index contributed by atoms with van der Waals surface area (Å²) in [6, 6.07) is 10.6. The number of benzene rings is 2. The van der Waals surface area contributed by atoms with Crippen molar-refractivity contribution in [3.05, 3.63) is 78.6 Å². The Kier molecular flexibility index (Phi) is 11.6. The predicted octanol–water partition coefficient (Wildman–Crippen LogP) is 8.65. The number of nitrogens with zero attached hydrogens (tertiary/aromatic N) is 6. The molecular weight excluding hydrogens is 758 g/mol. The molecule has 0 atom stereocenters. The van der Waals surface area contributed by atoms with Crippen LogP contribution in [-0.4, -0.2) is 64.4 Å². The number of nitrogens with one attached hydrogen (secondary N) is 2. The Labute approximate surface area is 296 Å². The van der Waals surface area contributed by atoms with E-state index in [1.54, 1.807) is 31.2 Å². The summed E-state index contributed by atoms with van der Waals surface area (Å²) in [6.45, 7) is 2.00. The summed E-state index contributed by atoms with van der Waals surface area (Å²) in [5.41, 5.74) is 3.20. The molecule has 20 heteroatoms. The van der Waals surface area contributed by atoms with Crippen LogP contribution in [-0.2, 0) is 4.74 Å². The Bertz CT molecular complexity index is 2010. The van der Waals surface area contributed by atoms with E-state index in [1.165, 1.54) is 34.4 Å². The van der Waals surface area contributed by atoms with Crippen molar-refractivity contribution in [3.8, 4) is 22.5 Å². The van der Waals surface area contributed by atoms with E-state index in [0.717, 1.165) is 38.6 Å². The lowest BCUT2D eigenvalue weighted by molar-refractivity contribution is 0.0514. The fourth-order valence-corrected chi connectivity index (χ4v) is 7.50. The number of carbonyl (C=O) groups is 2. The predicted molar refractivity (Wildman–Crippen MR) is 179 cm³/mol. The van der Waals surface area contributed by atoms with Gasteiger partial charge in [-0.1, -0.05) is 58.5 Å². The summed E-state index contributed by atoms with van der Waals surface area (Å²) in [4.78, 5) is 31.8. The van der Waals surface area contributed by atoms with Gasteiger partial charge in [0.05, 0.1) is 38.1 Å². The van der Waals surface area contributed by atoms with Gasteiger partial charge >= 0.3 is 11.9 Å². The van der Waals surface area contributed by atoms with Gasteiger partial charge in [0.25, 0.3) is 0 Å². The van der Waals surface area contributed by atoms with Crippen LogP contribution in [0.1, 0.15) is 27.9 Å². The van der Waals surface area contributed by atoms with E-state index in [2.05, 4.69) is 40.8 Å². The minimum Gasteiger partial charge on any atom is -0.476 e. The second-order valence-corrected chi connectivity index (χ2v) is 14.3. The molecule has 0 aliphatic rings. The molecule has 0 radical (unpaired) electrons. The van der Waals surface area contributed by atoms with Crippen molar-refractivity contribution in [2.45, 2.75) is 25.7 Å². The molecule has 0 spiro atoms. The van der Waals surface area contributed by atoms with Crippen LogP contribution < -0.4 is 0 Å². The molecule has 0 saturated heterocycles. The molecule has 6 rings (SSSR count). The number of carbonyl (C=O) groups excluding carboxylic acids is 1. The molecule has 0 bridgehead atoms. The van der Waals surface area contributed by atoms with Crippen LogP contribution in [0.15, 0.2) is 65.9 Å². The largest absolute Gasteiger partial charge is 0.476 e. The van der Waals surface area contributed by atoms with Crippen molar-refractivity contribution in [1.29, 1.82) is 0 Å². The number of hydrogen-bond acceptors (Lipinski definition) is 13. The highest BCUT2D eigenvalue weighted by Crippen LogP contribution is 2.36. The number of rotatable bonds is 9. The van der Waals surface area contributed by atoms with Crippen LogP contribution in [0.3, 0.4) is 0 Å². The Morgan fingerprint density at radius 1 is 0.761 bits per heavy atom. The fourth-order valence-electron chi connectivity index (χ4n) is 3.41. The normalized spacial score (nSPS) is 10.8. The number of hydrogen-bond donors (Lipinski definition) is 3. The molecule has 2 aromatic carbocycles. The first-order valence-electron chi connectivity index (χ1n) is 12.5. The number of halogens is 4. The summed E-state index contributed by atoms with van der Waals surface area (Å²) in [5.74, 6) is -1.66. The second-order valence-electron chi connectivity index (χ2n) is 8.44. The van der Waals surface area contributed by atoms with Crippen molar-refractivity contribution < 1.29 is 19.4 Å². The highest BCUT2D eigenvalue weighted by molar-refractivity contribution is 8.01. The Hall–Kier alpha value is -3.22. The molecule has 0 amide bonds. The third-order valence-corrected chi connectivity index (χ3v) is 10.8. The van der Waals surface area contributed by atoms with E-state index in [1.807, 2.05) is 22.9 Å². The van der Waals surface area contributed by atoms with Gasteiger partial charge in [0.15, 0.2) is 18.7 Å². The molecule has 46 heavy (non-hydrogen) atoms. The number of carboxylic acid groups (broad SMARTS) is 1. The van der Waals surface area contributed by atoms with E-state index < -0.39 is 11.9 Å². The molecule has 0 unspecified atom stereocenters. The number of carboxylic acids is 1. The Balaban J connectivity index is 0.000000182. The minimum absolute atomic E-state index is 0.128. The quantitative estimate of drug-likeness (QED) is 0.120. The van der Waals surface area contributed by atoms with Crippen LogP contribution in [0.5, 0.6) is 0 Å². The molecule has 3 N–H and O–H groups in total. The Morgan fingerprint density at radius 2 is 1.24 bits per heavy atom. The molecule has 236 valence electrons. The summed E-state index contributed by atoms with van der Waals surface area (Å²) >= 11 is 29.0. The lowest BCUT2D eigenvalue weighted by Gasteiger charge is -2.00. The summed E-state index contributed by atoms with van der Waals surface area (Å²) in [5, 5.41) is 35.2. The third-order valence-electron chi connectivity index (χ3n) is 5.47. The molecule has 4 aromatic heterocycles. The molecular formula is C26H16Cl4N8O4S4. The highest BCUT2D eigenvalue weighted by Gasteiger charge is 2.21. The lowest BCUT2D eigenvalue weighted by Crippen LogP contribution is -2.06. The number of thiazole rings is 2. The third kappa shape index (κ3) is 8.38. The van der Waals surface area contributed by atoms with E-state index in [-0.39, 0.29) is 23.0 Å². The van der Waals surface area contributed by atoms with Gasteiger partial charge in [-0.2, -0.15) is 10.4 Å². The number of aromatic nitrogens is 8. The summed E-state index contributed by atoms with van der Waals surface area (Å²) in [7, 11) is 0. The lowest BCUT2D eigenvalue weighted by atomic mass is 10.2. The maximum Gasteiger partial charge on any atom is 0.361 e. The maximum absolute atomic E-state index is 11.8. The number of ether oxygens (including phenoxy) is 1. The molecule has 6 aromatic rings. The first-order chi connectivity index (χ1) is 22.1. The maximum atomic E-state index is 11.8. The monoisotopic (exact) mass is 772 g/mol. The van der Waals surface area contributed by atoms with Crippen molar-refractivity contribution >= 4 is 105 Å². The van der Waals surface area contributed by atoms with Gasteiger partial charge in [0.1, 0.15) is 0 Å². The molecule has 4 heterocycles. The topological polar surface area (TPSA) is 173 Å². The highest BCUT2D eigenvalue weighted by atomic mass is 35.5. The van der Waals surface area contributed by atoms with Crippen molar-refractivity contribution in [2.75, 3.05) is 6.61 Å². The average molecular weight is 775 g/mol. The minimum atomic E-state index is -1.14. The van der Waals surface area contributed by atoms with Crippen molar-refractivity contribution in [1.82, 2.24) is 40.8 Å². The zero-order chi connectivity index (χ0) is 32.8. The van der Waals surface area contributed by atoms with Crippen molar-refractivity contribution in [3.63, 3.8) is 0 Å². The van der Waals surface area contributed by atoms with Gasteiger partial charge in [0, 0.05) is 21.9 Å². The van der Waals surface area contributed by atoms with Gasteiger partial charge in [-0.25, -0.2) is 19.6 Å². The van der Waals surface area contributed by atoms with Crippen LogP contribution in [0, 0.1) is 0 Å². The van der Waals surface area contributed by atoms with E-state index in [9.17, 15) is 9.59 Å². The van der Waals surface area contributed by atoms with E-state index >= 15 is 0 Å². The van der Waals surface area contributed by atoms with Gasteiger partial charge in [-0.05, 0) is 54.7 Å². The van der Waals surface area contributed by atoms with Gasteiger partial charge in [-0.15, -0.1) is 43.1 Å². The molecule has 0 aliphatic carbocycles. The zero-order valence-electron chi connectivity index (χ0n) is 22.8. The van der Waals surface area contributed by atoms with Gasteiger partial charge in [-0.3, -0.25) is 0 Å². The van der Waals surface area contributed by atoms with Crippen LogP contribution >= 0.6 is 92.6 Å². The second kappa shape index (κ2) is 15.6. The van der Waals surface area contributed by atoms with Gasteiger partial charge < -0.3 is 9.84 Å². The Morgan fingerprint density at radius 3 is 1.70 bits per heavy atom. The number of H-pyrrole nitrogens is 2. The fraction of sp³-hybridized carbons (Fsp3) is 0.0769. The molecule has 0 aliphatic heterocycles. The van der Waals surface area contributed by atoms with Crippen LogP contribution in [0.25, 0.3) is 22.5 Å². The first-order valence-corrected chi connectivity index (χ1v) is 17.4. The number of esters is 1. The first kappa shape index (κ1) is 34.1. The number of aromatic amines is 2. The molecule has 12 nitrogen and oxygen atoms in total. The standard InChI is InChI=1S/C14H10Cl2N4O2S2.C12H6Cl2N4O2S2/c1-2-22-13(21)11-12(19-20-18-11)24-14-17-10(6-23-14)7-3-4-8(15)9(16)5-7;13-6-2-1-5(3-7(6)14)8-4-21-12(15-8)22-10-9(11(19)20)16-18-17-10/h3-6H,2H2,1H3,(H,18,19,20);1-4H,(H,19,20)(H,16,17,18). The smallest absolute Gasteiger partial charge is 0.361 e. The van der Waals surface area contributed by atoms with E-state index in [4.69, 9.17) is 56.2 Å². The van der Waals surface area contributed by atoms with Gasteiger partial charge in [0.2, 0.25) is 11.4 Å². The van der Waals surface area contributed by atoms with Crippen molar-refractivity contribution in [2.24, 2.45) is 0 Å². The van der Waals surface area contributed by atoms with E-state index in [0.29, 0.717) is 29.5 Å².